The van der Waals surface area contributed by atoms with Gasteiger partial charge >= 0.3 is 0 Å². The van der Waals surface area contributed by atoms with Crippen molar-refractivity contribution in [2.75, 3.05) is 6.54 Å². The number of hydrogen-bond donors (Lipinski definition) is 1. The summed E-state index contributed by atoms with van der Waals surface area (Å²) >= 11 is 11.9. The molecule has 0 atom stereocenters. The predicted octanol–water partition coefficient (Wildman–Crippen LogP) is 4.43. The quantitative estimate of drug-likeness (QED) is 0.886. The minimum absolute atomic E-state index is 0.302. The van der Waals surface area contributed by atoms with Gasteiger partial charge in [0.15, 0.2) is 0 Å². The zero-order chi connectivity index (χ0) is 14.5. The van der Waals surface area contributed by atoms with Crippen molar-refractivity contribution in [2.45, 2.75) is 13.5 Å². The molecule has 3 nitrogen and oxygen atoms in total. The van der Waals surface area contributed by atoms with Crippen molar-refractivity contribution < 1.29 is 9.13 Å². The maximum Gasteiger partial charge on any atom is 0.223 e. The van der Waals surface area contributed by atoms with E-state index in [1.165, 1.54) is 6.07 Å². The molecule has 1 N–H and O–H groups in total. The number of hydrogen-bond acceptors (Lipinski definition) is 3. The van der Waals surface area contributed by atoms with E-state index in [1.54, 1.807) is 18.2 Å². The molecule has 0 aliphatic rings. The zero-order valence-electron chi connectivity index (χ0n) is 10.8. The molecule has 0 aliphatic carbocycles. The molecule has 1 aromatic heterocycles. The number of pyridine rings is 1. The lowest BCUT2D eigenvalue weighted by atomic mass is 10.2. The second kappa shape index (κ2) is 6.88. The lowest BCUT2D eigenvalue weighted by Crippen LogP contribution is -2.13. The van der Waals surface area contributed by atoms with Gasteiger partial charge in [0.1, 0.15) is 11.6 Å². The SMILES string of the molecule is CCNCc1cc(F)cnc1Oc1cc(Cl)ccc1Cl. The van der Waals surface area contributed by atoms with Gasteiger partial charge in [-0.25, -0.2) is 9.37 Å². The van der Waals surface area contributed by atoms with E-state index in [1.807, 2.05) is 6.92 Å². The van der Waals surface area contributed by atoms with E-state index in [2.05, 4.69) is 10.3 Å². The van der Waals surface area contributed by atoms with Gasteiger partial charge in [-0.05, 0) is 24.7 Å². The first kappa shape index (κ1) is 15.0. The number of benzene rings is 1. The molecule has 0 radical (unpaired) electrons. The summed E-state index contributed by atoms with van der Waals surface area (Å²) in [6.07, 6.45) is 1.10. The largest absolute Gasteiger partial charge is 0.437 e. The van der Waals surface area contributed by atoms with Crippen molar-refractivity contribution in [3.8, 4) is 11.6 Å². The van der Waals surface area contributed by atoms with Crippen LogP contribution in [0.1, 0.15) is 12.5 Å². The van der Waals surface area contributed by atoms with Crippen LogP contribution in [0.3, 0.4) is 0 Å². The molecule has 0 saturated carbocycles. The summed E-state index contributed by atoms with van der Waals surface area (Å²) < 4.78 is 18.9. The molecule has 0 spiro atoms. The van der Waals surface area contributed by atoms with E-state index in [0.717, 1.165) is 12.7 Å². The van der Waals surface area contributed by atoms with Crippen molar-refractivity contribution in [1.29, 1.82) is 0 Å². The Kier molecular flexibility index (Phi) is 5.17. The van der Waals surface area contributed by atoms with Crippen molar-refractivity contribution in [3.05, 3.63) is 51.9 Å². The Morgan fingerprint density at radius 1 is 1.30 bits per heavy atom. The van der Waals surface area contributed by atoms with Crippen LogP contribution in [0, 0.1) is 5.82 Å². The lowest BCUT2D eigenvalue weighted by molar-refractivity contribution is 0.449. The molecular weight excluding hydrogens is 302 g/mol. The lowest BCUT2D eigenvalue weighted by Gasteiger charge is -2.11. The molecule has 0 bridgehead atoms. The highest BCUT2D eigenvalue weighted by Gasteiger charge is 2.11. The van der Waals surface area contributed by atoms with Gasteiger partial charge in [-0.2, -0.15) is 0 Å². The van der Waals surface area contributed by atoms with Crippen LogP contribution < -0.4 is 10.1 Å². The fourth-order valence-electron chi connectivity index (χ4n) is 1.61. The van der Waals surface area contributed by atoms with E-state index >= 15 is 0 Å². The van der Waals surface area contributed by atoms with Crippen LogP contribution >= 0.6 is 23.2 Å². The maximum atomic E-state index is 13.3. The molecular formula is C14H13Cl2FN2O. The first-order valence-electron chi connectivity index (χ1n) is 6.08. The standard InChI is InChI=1S/C14H13Cl2FN2O/c1-2-18-7-9-5-11(17)8-19-14(9)20-13-6-10(15)3-4-12(13)16/h3-6,8,18H,2,7H2,1H3. The van der Waals surface area contributed by atoms with Gasteiger partial charge in [0, 0.05) is 23.2 Å². The van der Waals surface area contributed by atoms with E-state index in [0.29, 0.717) is 33.8 Å². The molecule has 106 valence electrons. The second-order valence-electron chi connectivity index (χ2n) is 4.07. The maximum absolute atomic E-state index is 13.3. The summed E-state index contributed by atoms with van der Waals surface area (Å²) in [6, 6.07) is 6.26. The highest BCUT2D eigenvalue weighted by Crippen LogP contribution is 2.32. The van der Waals surface area contributed by atoms with E-state index in [-0.39, 0.29) is 0 Å². The predicted molar refractivity (Wildman–Crippen MR) is 78.1 cm³/mol. The van der Waals surface area contributed by atoms with Crippen LogP contribution in [0.25, 0.3) is 0 Å². The normalized spacial score (nSPS) is 10.6. The van der Waals surface area contributed by atoms with Gasteiger partial charge in [-0.3, -0.25) is 0 Å². The molecule has 1 aromatic carbocycles. The van der Waals surface area contributed by atoms with Crippen molar-refractivity contribution in [2.24, 2.45) is 0 Å². The molecule has 0 saturated heterocycles. The molecule has 0 amide bonds. The molecule has 6 heteroatoms. The van der Waals surface area contributed by atoms with Gasteiger partial charge in [-0.15, -0.1) is 0 Å². The average molecular weight is 315 g/mol. The van der Waals surface area contributed by atoms with Gasteiger partial charge in [0.2, 0.25) is 5.88 Å². The van der Waals surface area contributed by atoms with Crippen LogP contribution in [0.4, 0.5) is 4.39 Å². The summed E-state index contributed by atoms with van der Waals surface area (Å²) in [5, 5.41) is 4.01. The van der Waals surface area contributed by atoms with Crippen LogP contribution in [-0.2, 0) is 6.54 Å². The number of aromatic nitrogens is 1. The molecule has 1 heterocycles. The van der Waals surface area contributed by atoms with Crippen molar-refractivity contribution in [3.63, 3.8) is 0 Å². The Hall–Kier alpha value is -1.36. The molecule has 2 rings (SSSR count). The van der Waals surface area contributed by atoms with Crippen LogP contribution in [0.15, 0.2) is 30.5 Å². The van der Waals surface area contributed by atoms with Crippen molar-refractivity contribution >= 4 is 23.2 Å². The minimum atomic E-state index is -0.414. The third-order valence-corrected chi connectivity index (χ3v) is 3.10. The van der Waals surface area contributed by atoms with E-state index in [4.69, 9.17) is 27.9 Å². The number of nitrogens with zero attached hydrogens (tertiary/aromatic N) is 1. The number of halogens is 3. The fourth-order valence-corrected chi connectivity index (χ4v) is 1.92. The average Bonchev–Trinajstić information content (AvgIpc) is 2.43. The third-order valence-electron chi connectivity index (χ3n) is 2.56. The fraction of sp³-hybridized carbons (Fsp3) is 0.214. The Balaban J connectivity index is 2.30. The Morgan fingerprint density at radius 3 is 2.85 bits per heavy atom. The van der Waals surface area contributed by atoms with Crippen LogP contribution in [-0.4, -0.2) is 11.5 Å². The monoisotopic (exact) mass is 314 g/mol. The summed E-state index contributed by atoms with van der Waals surface area (Å²) in [5.74, 6) is 0.273. The summed E-state index contributed by atoms with van der Waals surface area (Å²) in [4.78, 5) is 3.96. The molecule has 0 fully saturated rings. The molecule has 2 aromatic rings. The second-order valence-corrected chi connectivity index (χ2v) is 4.92. The van der Waals surface area contributed by atoms with Gasteiger partial charge in [-0.1, -0.05) is 30.1 Å². The topological polar surface area (TPSA) is 34.2 Å². The highest BCUT2D eigenvalue weighted by atomic mass is 35.5. The van der Waals surface area contributed by atoms with Gasteiger partial charge < -0.3 is 10.1 Å². The Bertz CT molecular complexity index is 608. The number of rotatable bonds is 5. The van der Waals surface area contributed by atoms with Gasteiger partial charge in [0.25, 0.3) is 0 Å². The van der Waals surface area contributed by atoms with E-state index < -0.39 is 5.82 Å². The molecule has 0 aliphatic heterocycles. The summed E-state index contributed by atoms with van der Waals surface area (Å²) in [5.41, 5.74) is 0.614. The Labute approximate surface area is 126 Å². The van der Waals surface area contributed by atoms with Crippen LogP contribution in [0.2, 0.25) is 10.0 Å². The van der Waals surface area contributed by atoms with Gasteiger partial charge in [0.05, 0.1) is 11.2 Å². The third kappa shape index (κ3) is 3.82. The first-order valence-corrected chi connectivity index (χ1v) is 6.83. The summed E-state index contributed by atoms with van der Waals surface area (Å²) in [7, 11) is 0. The summed E-state index contributed by atoms with van der Waals surface area (Å²) in [6.45, 7) is 3.17. The molecule has 20 heavy (non-hydrogen) atoms. The minimum Gasteiger partial charge on any atom is -0.437 e. The zero-order valence-corrected chi connectivity index (χ0v) is 12.3. The molecule has 0 unspecified atom stereocenters. The Morgan fingerprint density at radius 2 is 2.10 bits per heavy atom. The van der Waals surface area contributed by atoms with Crippen molar-refractivity contribution in [1.82, 2.24) is 10.3 Å². The number of nitrogens with one attached hydrogen (secondary N) is 1. The first-order chi connectivity index (χ1) is 9.60. The van der Waals surface area contributed by atoms with Crippen LogP contribution in [0.5, 0.6) is 11.6 Å². The highest BCUT2D eigenvalue weighted by molar-refractivity contribution is 6.34. The number of ether oxygens (including phenoxy) is 1. The smallest absolute Gasteiger partial charge is 0.223 e. The van der Waals surface area contributed by atoms with E-state index in [9.17, 15) is 4.39 Å².